The number of halogens is 2. The van der Waals surface area contributed by atoms with Crippen molar-refractivity contribution in [3.8, 4) is 22.8 Å². The van der Waals surface area contributed by atoms with E-state index in [-0.39, 0.29) is 18.3 Å². The van der Waals surface area contributed by atoms with Gasteiger partial charge in [-0.15, -0.1) is 12.4 Å². The minimum absolute atomic E-state index is 0. The number of aromatic nitrogens is 2. The SMILES string of the molecule is Cl.O=C(c1ccccc1-c1nc(-c2cccc(Cl)c2)no1)N1CCCNCC1. The Labute approximate surface area is 174 Å². The zero-order valence-corrected chi connectivity index (χ0v) is 16.7. The molecule has 0 bridgehead atoms. The summed E-state index contributed by atoms with van der Waals surface area (Å²) in [4.78, 5) is 19.4. The van der Waals surface area contributed by atoms with Crippen LogP contribution in [-0.4, -0.2) is 47.1 Å². The van der Waals surface area contributed by atoms with Crippen LogP contribution < -0.4 is 5.32 Å². The molecule has 4 rings (SSSR count). The van der Waals surface area contributed by atoms with Gasteiger partial charge in [0.15, 0.2) is 0 Å². The Morgan fingerprint density at radius 3 is 2.82 bits per heavy atom. The summed E-state index contributed by atoms with van der Waals surface area (Å²) in [6, 6.07) is 14.6. The van der Waals surface area contributed by atoms with Crippen LogP contribution in [0.2, 0.25) is 5.02 Å². The van der Waals surface area contributed by atoms with Crippen molar-refractivity contribution in [1.82, 2.24) is 20.4 Å². The van der Waals surface area contributed by atoms with Crippen molar-refractivity contribution < 1.29 is 9.32 Å². The first kappa shape index (κ1) is 20.3. The van der Waals surface area contributed by atoms with Crippen molar-refractivity contribution in [2.75, 3.05) is 26.2 Å². The highest BCUT2D eigenvalue weighted by atomic mass is 35.5. The van der Waals surface area contributed by atoms with Crippen LogP contribution in [0.5, 0.6) is 0 Å². The number of benzene rings is 2. The van der Waals surface area contributed by atoms with Gasteiger partial charge in [0.2, 0.25) is 5.82 Å². The van der Waals surface area contributed by atoms with Crippen LogP contribution in [0.1, 0.15) is 16.8 Å². The van der Waals surface area contributed by atoms with Crippen LogP contribution in [-0.2, 0) is 0 Å². The molecule has 2 heterocycles. The van der Waals surface area contributed by atoms with Gasteiger partial charge in [-0.3, -0.25) is 4.79 Å². The zero-order chi connectivity index (χ0) is 18.6. The Balaban J connectivity index is 0.00000225. The van der Waals surface area contributed by atoms with Gasteiger partial charge in [-0.05, 0) is 37.2 Å². The monoisotopic (exact) mass is 418 g/mol. The number of nitrogens with zero attached hydrogens (tertiary/aromatic N) is 3. The number of hydrogen-bond donors (Lipinski definition) is 1. The standard InChI is InChI=1S/C20H19ClN4O2.ClH/c21-15-6-3-5-14(13-15)18-23-19(27-24-18)16-7-1-2-8-17(16)20(26)25-11-4-9-22-10-12-25;/h1-3,5-8,13,22H,4,9-12H2;1H. The van der Waals surface area contributed by atoms with E-state index in [2.05, 4.69) is 15.5 Å². The Morgan fingerprint density at radius 1 is 1.11 bits per heavy atom. The molecule has 1 saturated heterocycles. The minimum atomic E-state index is -0.0168. The molecule has 1 amide bonds. The average molecular weight is 419 g/mol. The van der Waals surface area contributed by atoms with E-state index >= 15 is 0 Å². The molecule has 1 aliphatic rings. The highest BCUT2D eigenvalue weighted by molar-refractivity contribution is 6.30. The molecule has 1 N–H and O–H groups in total. The van der Waals surface area contributed by atoms with Gasteiger partial charge >= 0.3 is 0 Å². The van der Waals surface area contributed by atoms with Crippen LogP contribution in [0, 0.1) is 0 Å². The number of amides is 1. The summed E-state index contributed by atoms with van der Waals surface area (Å²) in [6.45, 7) is 3.15. The van der Waals surface area contributed by atoms with Gasteiger partial charge in [-0.1, -0.05) is 41.0 Å². The van der Waals surface area contributed by atoms with Crippen LogP contribution in [0.25, 0.3) is 22.8 Å². The predicted octanol–water partition coefficient (Wildman–Crippen LogP) is 3.91. The predicted molar refractivity (Wildman–Crippen MR) is 111 cm³/mol. The summed E-state index contributed by atoms with van der Waals surface area (Å²) in [5, 5.41) is 7.96. The lowest BCUT2D eigenvalue weighted by atomic mass is 10.1. The maximum Gasteiger partial charge on any atom is 0.259 e. The number of nitrogens with one attached hydrogen (secondary N) is 1. The molecule has 0 atom stereocenters. The van der Waals surface area contributed by atoms with E-state index in [9.17, 15) is 4.79 Å². The molecule has 0 radical (unpaired) electrons. The highest BCUT2D eigenvalue weighted by Crippen LogP contribution is 2.27. The van der Waals surface area contributed by atoms with Crippen molar-refractivity contribution in [2.24, 2.45) is 0 Å². The summed E-state index contributed by atoms with van der Waals surface area (Å²) in [5.74, 6) is 0.743. The molecule has 146 valence electrons. The van der Waals surface area contributed by atoms with Crippen LogP contribution in [0.4, 0.5) is 0 Å². The van der Waals surface area contributed by atoms with Crippen LogP contribution >= 0.6 is 24.0 Å². The Hall–Kier alpha value is -2.41. The summed E-state index contributed by atoms with van der Waals surface area (Å²) < 4.78 is 5.46. The summed E-state index contributed by atoms with van der Waals surface area (Å²) in [5.41, 5.74) is 1.97. The van der Waals surface area contributed by atoms with Crippen molar-refractivity contribution in [3.05, 3.63) is 59.1 Å². The van der Waals surface area contributed by atoms with Gasteiger partial charge in [0, 0.05) is 30.2 Å². The zero-order valence-electron chi connectivity index (χ0n) is 15.1. The lowest BCUT2D eigenvalue weighted by Gasteiger charge is -2.20. The van der Waals surface area contributed by atoms with E-state index in [0.29, 0.717) is 34.4 Å². The third-order valence-electron chi connectivity index (χ3n) is 4.52. The Bertz CT molecular complexity index is 953. The minimum Gasteiger partial charge on any atom is -0.337 e. The number of carbonyl (C=O) groups excluding carboxylic acids is 1. The van der Waals surface area contributed by atoms with Crippen LogP contribution in [0.3, 0.4) is 0 Å². The second-order valence-electron chi connectivity index (χ2n) is 6.37. The summed E-state index contributed by atoms with van der Waals surface area (Å²) in [6.07, 6.45) is 0.938. The number of hydrogen-bond acceptors (Lipinski definition) is 5. The molecule has 0 aliphatic carbocycles. The Morgan fingerprint density at radius 2 is 1.96 bits per heavy atom. The van der Waals surface area contributed by atoms with E-state index in [1.54, 1.807) is 18.2 Å². The van der Waals surface area contributed by atoms with Gasteiger partial charge in [0.05, 0.1) is 11.1 Å². The topological polar surface area (TPSA) is 71.3 Å². The van der Waals surface area contributed by atoms with Gasteiger partial charge in [0.25, 0.3) is 11.8 Å². The van der Waals surface area contributed by atoms with Crippen LogP contribution in [0.15, 0.2) is 53.1 Å². The Kier molecular flexibility index (Phi) is 6.67. The highest BCUT2D eigenvalue weighted by Gasteiger charge is 2.23. The number of rotatable bonds is 3. The molecule has 0 spiro atoms. The second kappa shape index (κ2) is 9.19. The van der Waals surface area contributed by atoms with Crippen molar-refractivity contribution in [2.45, 2.75) is 6.42 Å². The fourth-order valence-electron chi connectivity index (χ4n) is 3.15. The molecule has 1 aromatic heterocycles. The summed E-state index contributed by atoms with van der Waals surface area (Å²) >= 11 is 6.04. The maximum atomic E-state index is 13.1. The van der Waals surface area contributed by atoms with E-state index in [0.717, 1.165) is 31.6 Å². The van der Waals surface area contributed by atoms with E-state index in [1.165, 1.54) is 0 Å². The molecule has 1 fully saturated rings. The smallest absolute Gasteiger partial charge is 0.259 e. The largest absolute Gasteiger partial charge is 0.337 e. The fourth-order valence-corrected chi connectivity index (χ4v) is 3.34. The first-order chi connectivity index (χ1) is 13.2. The molecule has 28 heavy (non-hydrogen) atoms. The quantitative estimate of drug-likeness (QED) is 0.697. The first-order valence-electron chi connectivity index (χ1n) is 8.91. The lowest BCUT2D eigenvalue weighted by molar-refractivity contribution is 0.0767. The van der Waals surface area contributed by atoms with E-state index in [4.69, 9.17) is 16.1 Å². The molecular weight excluding hydrogens is 399 g/mol. The molecular formula is C20H20Cl2N4O2. The summed E-state index contributed by atoms with van der Waals surface area (Å²) in [7, 11) is 0. The molecule has 3 aromatic rings. The molecule has 1 aliphatic heterocycles. The average Bonchev–Trinajstić information content (AvgIpc) is 3.03. The fraction of sp³-hybridized carbons (Fsp3) is 0.250. The van der Waals surface area contributed by atoms with E-state index in [1.807, 2.05) is 35.2 Å². The van der Waals surface area contributed by atoms with Gasteiger partial charge < -0.3 is 14.7 Å². The number of carbonyl (C=O) groups is 1. The third-order valence-corrected chi connectivity index (χ3v) is 4.76. The van der Waals surface area contributed by atoms with E-state index < -0.39 is 0 Å². The second-order valence-corrected chi connectivity index (χ2v) is 6.81. The van der Waals surface area contributed by atoms with Crippen molar-refractivity contribution >= 4 is 29.9 Å². The lowest BCUT2D eigenvalue weighted by Crippen LogP contribution is -2.34. The van der Waals surface area contributed by atoms with Gasteiger partial charge in [-0.25, -0.2) is 0 Å². The van der Waals surface area contributed by atoms with Gasteiger partial charge in [0.1, 0.15) is 0 Å². The third kappa shape index (κ3) is 4.35. The maximum absolute atomic E-state index is 13.1. The van der Waals surface area contributed by atoms with Crippen molar-refractivity contribution in [1.29, 1.82) is 0 Å². The first-order valence-corrected chi connectivity index (χ1v) is 9.29. The normalized spacial score (nSPS) is 14.2. The molecule has 6 nitrogen and oxygen atoms in total. The molecule has 0 saturated carbocycles. The molecule has 0 unspecified atom stereocenters. The molecule has 8 heteroatoms. The van der Waals surface area contributed by atoms with Gasteiger partial charge in [-0.2, -0.15) is 4.98 Å². The molecule has 2 aromatic carbocycles. The van der Waals surface area contributed by atoms with Crippen molar-refractivity contribution in [3.63, 3.8) is 0 Å².